The Balaban J connectivity index is 0.00000200. The summed E-state index contributed by atoms with van der Waals surface area (Å²) in [4.78, 5) is 2.30. The van der Waals surface area contributed by atoms with Gasteiger partial charge in [0.05, 0.1) is 0 Å². The number of nitrogens with one attached hydrogen (secondary N) is 1. The zero-order valence-electron chi connectivity index (χ0n) is 11.9. The topological polar surface area (TPSA) is 35.5 Å². The molecule has 3 nitrogen and oxygen atoms in total. The zero-order chi connectivity index (χ0) is 13.7. The number of piperazine rings is 1. The van der Waals surface area contributed by atoms with Crippen LogP contribution in [0.2, 0.25) is 0 Å². The molecule has 0 aliphatic carbocycles. The number of hydrogen-bond acceptors (Lipinski definition) is 3. The maximum atomic E-state index is 13.5. The number of para-hydroxylation sites is 1. The highest BCUT2D eigenvalue weighted by Gasteiger charge is 2.24. The first-order valence-corrected chi connectivity index (χ1v) is 6.77. The van der Waals surface area contributed by atoms with Crippen molar-refractivity contribution in [2.75, 3.05) is 26.2 Å². The van der Waals surface area contributed by atoms with Gasteiger partial charge in [-0.1, -0.05) is 18.2 Å². The summed E-state index contributed by atoms with van der Waals surface area (Å²) in [5.74, 6) is -0.758. The quantitative estimate of drug-likeness (QED) is 0.810. The van der Waals surface area contributed by atoms with E-state index in [9.17, 15) is 9.50 Å². The lowest BCUT2D eigenvalue weighted by atomic mass is 9.98. The number of hydrogen-bond donors (Lipinski definition) is 2. The van der Waals surface area contributed by atoms with E-state index in [2.05, 4.69) is 16.8 Å². The molecule has 1 aromatic carbocycles. The molecule has 1 heterocycles. The molecule has 1 atom stereocenters. The predicted octanol–water partition coefficient (Wildman–Crippen LogP) is 3.29. The second-order valence-electron chi connectivity index (χ2n) is 4.85. The molecule has 2 N–H and O–H groups in total. The Hall–Kier alpha value is -0.810. The van der Waals surface area contributed by atoms with E-state index in [0.29, 0.717) is 5.56 Å². The molecule has 1 aliphatic heterocycles. The maximum absolute atomic E-state index is 13.5. The molecule has 0 radical (unpaired) electrons. The molecule has 0 saturated carbocycles. The third-order valence-corrected chi connectivity index (χ3v) is 3.61. The summed E-state index contributed by atoms with van der Waals surface area (Å²) in [6.07, 6.45) is 3.57. The van der Waals surface area contributed by atoms with E-state index >= 15 is 0 Å². The molecule has 1 saturated heterocycles. The number of rotatable bonds is 5. The Morgan fingerprint density at radius 3 is 2.62 bits per heavy atom. The number of halogens is 3. The van der Waals surface area contributed by atoms with Crippen LogP contribution in [0, 0.1) is 5.82 Å². The number of aromatic hydroxyl groups is 1. The average Bonchev–Trinajstić information content (AvgIpc) is 2.45. The van der Waals surface area contributed by atoms with Crippen molar-refractivity contribution in [1.29, 1.82) is 0 Å². The molecule has 0 amide bonds. The van der Waals surface area contributed by atoms with Gasteiger partial charge < -0.3 is 10.4 Å². The average molecular weight is 337 g/mol. The molecule has 120 valence electrons. The summed E-state index contributed by atoms with van der Waals surface area (Å²) in [5.41, 5.74) is 0.684. The van der Waals surface area contributed by atoms with Gasteiger partial charge in [-0.2, -0.15) is 0 Å². The lowest BCUT2D eigenvalue weighted by molar-refractivity contribution is 0.163. The van der Waals surface area contributed by atoms with E-state index in [1.165, 1.54) is 6.07 Å². The summed E-state index contributed by atoms with van der Waals surface area (Å²) >= 11 is 0. The predicted molar refractivity (Wildman–Crippen MR) is 89.2 cm³/mol. The fourth-order valence-corrected chi connectivity index (χ4v) is 2.61. The monoisotopic (exact) mass is 336 g/mol. The van der Waals surface area contributed by atoms with Crippen LogP contribution in [0.5, 0.6) is 5.75 Å². The summed E-state index contributed by atoms with van der Waals surface area (Å²) < 4.78 is 13.5. The Morgan fingerprint density at radius 2 is 2.00 bits per heavy atom. The molecular weight excluding hydrogens is 314 g/mol. The first kappa shape index (κ1) is 20.2. The van der Waals surface area contributed by atoms with Crippen molar-refractivity contribution in [3.05, 3.63) is 42.2 Å². The van der Waals surface area contributed by atoms with Crippen LogP contribution in [0.1, 0.15) is 24.4 Å². The van der Waals surface area contributed by atoms with Gasteiger partial charge in [0.15, 0.2) is 11.6 Å². The molecule has 21 heavy (non-hydrogen) atoms. The third-order valence-electron chi connectivity index (χ3n) is 3.61. The minimum atomic E-state index is -0.545. The molecule has 1 aromatic rings. The van der Waals surface area contributed by atoms with Gasteiger partial charge in [-0.25, -0.2) is 4.39 Å². The summed E-state index contributed by atoms with van der Waals surface area (Å²) in [7, 11) is 0. The van der Waals surface area contributed by atoms with E-state index in [1.54, 1.807) is 6.07 Å². The van der Waals surface area contributed by atoms with Crippen LogP contribution in [-0.2, 0) is 0 Å². The Labute approximate surface area is 138 Å². The lowest BCUT2D eigenvalue weighted by Crippen LogP contribution is -2.45. The summed E-state index contributed by atoms with van der Waals surface area (Å²) in [6, 6.07) is 4.82. The van der Waals surface area contributed by atoms with Crippen LogP contribution < -0.4 is 5.32 Å². The van der Waals surface area contributed by atoms with Gasteiger partial charge in [0, 0.05) is 37.8 Å². The van der Waals surface area contributed by atoms with Crippen LogP contribution in [0.4, 0.5) is 4.39 Å². The van der Waals surface area contributed by atoms with Gasteiger partial charge in [-0.15, -0.1) is 31.4 Å². The highest BCUT2D eigenvalue weighted by molar-refractivity contribution is 5.85. The molecule has 1 aliphatic rings. The van der Waals surface area contributed by atoms with Gasteiger partial charge in [-0.3, -0.25) is 4.90 Å². The fraction of sp³-hybridized carbons (Fsp3) is 0.467. The van der Waals surface area contributed by atoms with Crippen molar-refractivity contribution in [2.45, 2.75) is 18.9 Å². The van der Waals surface area contributed by atoms with E-state index in [4.69, 9.17) is 0 Å². The maximum Gasteiger partial charge on any atom is 0.165 e. The van der Waals surface area contributed by atoms with Crippen LogP contribution in [0.25, 0.3) is 0 Å². The smallest absolute Gasteiger partial charge is 0.165 e. The Morgan fingerprint density at radius 1 is 1.33 bits per heavy atom. The minimum Gasteiger partial charge on any atom is -0.505 e. The van der Waals surface area contributed by atoms with Crippen molar-refractivity contribution in [3.8, 4) is 5.75 Å². The molecule has 0 bridgehead atoms. The van der Waals surface area contributed by atoms with Crippen molar-refractivity contribution in [2.24, 2.45) is 0 Å². The number of nitrogens with zero attached hydrogens (tertiary/aromatic N) is 1. The van der Waals surface area contributed by atoms with Gasteiger partial charge in [0.2, 0.25) is 0 Å². The largest absolute Gasteiger partial charge is 0.505 e. The number of phenols is 1. The number of phenolic OH excluding ortho intramolecular Hbond substituents is 1. The minimum absolute atomic E-state index is 0. The lowest BCUT2D eigenvalue weighted by Gasteiger charge is -2.35. The second kappa shape index (κ2) is 10.0. The normalized spacial score (nSPS) is 16.4. The van der Waals surface area contributed by atoms with Gasteiger partial charge in [-0.05, 0) is 18.9 Å². The first-order valence-electron chi connectivity index (χ1n) is 6.77. The molecule has 2 rings (SSSR count). The molecule has 0 spiro atoms. The third kappa shape index (κ3) is 5.15. The Bertz CT molecular complexity index is 440. The zero-order valence-corrected chi connectivity index (χ0v) is 13.6. The van der Waals surface area contributed by atoms with Crippen LogP contribution in [-0.4, -0.2) is 36.2 Å². The van der Waals surface area contributed by atoms with Crippen LogP contribution >= 0.6 is 24.8 Å². The van der Waals surface area contributed by atoms with E-state index in [0.717, 1.165) is 39.0 Å². The van der Waals surface area contributed by atoms with Crippen LogP contribution in [0.3, 0.4) is 0 Å². The van der Waals surface area contributed by atoms with Gasteiger partial charge in [0.25, 0.3) is 0 Å². The summed E-state index contributed by atoms with van der Waals surface area (Å²) in [6.45, 7) is 7.44. The highest BCUT2D eigenvalue weighted by atomic mass is 35.5. The number of allylic oxidation sites excluding steroid dienone is 1. The van der Waals surface area contributed by atoms with E-state index < -0.39 is 5.82 Å². The van der Waals surface area contributed by atoms with E-state index in [1.807, 2.05) is 12.1 Å². The van der Waals surface area contributed by atoms with Gasteiger partial charge in [0.1, 0.15) is 0 Å². The summed E-state index contributed by atoms with van der Waals surface area (Å²) in [5, 5.41) is 13.3. The fourth-order valence-electron chi connectivity index (χ4n) is 2.61. The SMILES string of the molecule is C=CCC[C@H](c1cccc(F)c1O)N1CCNCC1.Cl.Cl. The Kier molecular flexibility index (Phi) is 9.62. The molecule has 0 aromatic heterocycles. The first-order chi connectivity index (χ1) is 9.24. The van der Waals surface area contributed by atoms with Crippen molar-refractivity contribution >= 4 is 24.8 Å². The standard InChI is InChI=1S/C15H21FN2O.2ClH/c1-2-3-7-14(18-10-8-17-9-11-18)12-5-4-6-13(16)15(12)19;;/h2,4-6,14,17,19H,1,3,7-11H2;2*1H/t14-;;/m1../s1. The van der Waals surface area contributed by atoms with E-state index in [-0.39, 0.29) is 36.6 Å². The van der Waals surface area contributed by atoms with Crippen molar-refractivity contribution < 1.29 is 9.50 Å². The molecule has 1 fully saturated rings. The van der Waals surface area contributed by atoms with Crippen LogP contribution in [0.15, 0.2) is 30.9 Å². The van der Waals surface area contributed by atoms with Crippen molar-refractivity contribution in [1.82, 2.24) is 10.2 Å². The highest BCUT2D eigenvalue weighted by Crippen LogP contribution is 2.33. The molecule has 6 heteroatoms. The van der Waals surface area contributed by atoms with Gasteiger partial charge >= 0.3 is 0 Å². The van der Waals surface area contributed by atoms with Crippen molar-refractivity contribution in [3.63, 3.8) is 0 Å². The second-order valence-corrected chi connectivity index (χ2v) is 4.85. The molecular formula is C15H23Cl2FN2O. The molecule has 0 unspecified atom stereocenters. The number of benzene rings is 1.